The van der Waals surface area contributed by atoms with Crippen molar-refractivity contribution in [2.45, 2.75) is 71.4 Å². The van der Waals surface area contributed by atoms with Gasteiger partial charge in [-0.1, -0.05) is 19.8 Å². The van der Waals surface area contributed by atoms with Crippen molar-refractivity contribution in [3.63, 3.8) is 0 Å². The third-order valence-electron chi connectivity index (χ3n) is 4.31. The number of aromatic nitrogens is 2. The van der Waals surface area contributed by atoms with Gasteiger partial charge in [0, 0.05) is 24.2 Å². The smallest absolute Gasteiger partial charge is 0.0596 e. The summed E-state index contributed by atoms with van der Waals surface area (Å²) in [6, 6.07) is 2.26. The molecule has 3 heteroatoms. The minimum atomic E-state index is 0.301. The Morgan fingerprint density at radius 3 is 2.89 bits per heavy atom. The third kappa shape index (κ3) is 2.94. The van der Waals surface area contributed by atoms with E-state index in [1.54, 1.807) is 0 Å². The fourth-order valence-electron chi connectivity index (χ4n) is 3.15. The largest absolute Gasteiger partial charge is 0.311 e. The lowest BCUT2D eigenvalue weighted by Gasteiger charge is -2.33. The van der Waals surface area contributed by atoms with Crippen LogP contribution in [0.25, 0.3) is 0 Å². The predicted molar refractivity (Wildman–Crippen MR) is 75.8 cm³/mol. The minimum Gasteiger partial charge on any atom is -0.311 e. The molecule has 1 unspecified atom stereocenters. The van der Waals surface area contributed by atoms with E-state index in [1.807, 2.05) is 0 Å². The molecule has 102 valence electrons. The monoisotopic (exact) mass is 249 g/mol. The van der Waals surface area contributed by atoms with Crippen LogP contribution in [0.5, 0.6) is 0 Å². The van der Waals surface area contributed by atoms with Crippen molar-refractivity contribution in [1.82, 2.24) is 15.1 Å². The van der Waals surface area contributed by atoms with E-state index in [0.717, 1.165) is 18.7 Å². The number of hydrogen-bond acceptors (Lipinski definition) is 2. The summed E-state index contributed by atoms with van der Waals surface area (Å²) in [6.45, 7) is 8.73. The van der Waals surface area contributed by atoms with Gasteiger partial charge in [0.15, 0.2) is 0 Å². The standard InChI is InChI=1S/C15H27N3/c1-4-15(9-7-6-8-10-16-15)12-14-11-13(3)17-18(14)5-2/h11,16H,4-10,12H2,1-3H3. The molecule has 0 saturated carbocycles. The average Bonchev–Trinajstić information content (AvgIpc) is 2.59. The molecule has 1 aliphatic heterocycles. The van der Waals surface area contributed by atoms with Gasteiger partial charge in [-0.3, -0.25) is 4.68 Å². The number of rotatable bonds is 4. The maximum Gasteiger partial charge on any atom is 0.0596 e. The summed E-state index contributed by atoms with van der Waals surface area (Å²) < 4.78 is 2.17. The summed E-state index contributed by atoms with van der Waals surface area (Å²) in [7, 11) is 0. The van der Waals surface area contributed by atoms with Gasteiger partial charge in [-0.25, -0.2) is 0 Å². The molecule has 1 saturated heterocycles. The number of nitrogens with zero attached hydrogens (tertiary/aromatic N) is 2. The molecule has 2 heterocycles. The first-order chi connectivity index (χ1) is 8.69. The first kappa shape index (κ1) is 13.6. The van der Waals surface area contributed by atoms with Gasteiger partial charge in [0.1, 0.15) is 0 Å². The van der Waals surface area contributed by atoms with Gasteiger partial charge >= 0.3 is 0 Å². The summed E-state index contributed by atoms with van der Waals surface area (Å²) in [5, 5.41) is 8.39. The highest BCUT2D eigenvalue weighted by molar-refractivity contribution is 5.13. The fourth-order valence-corrected chi connectivity index (χ4v) is 3.15. The van der Waals surface area contributed by atoms with Crippen molar-refractivity contribution in [3.8, 4) is 0 Å². The SMILES string of the molecule is CCn1nc(C)cc1CC1(CC)CCCCCN1. The second-order valence-corrected chi connectivity index (χ2v) is 5.64. The van der Waals surface area contributed by atoms with E-state index in [1.165, 1.54) is 44.3 Å². The van der Waals surface area contributed by atoms with Crippen molar-refractivity contribution >= 4 is 0 Å². The van der Waals surface area contributed by atoms with E-state index < -0.39 is 0 Å². The van der Waals surface area contributed by atoms with E-state index in [0.29, 0.717) is 5.54 Å². The molecule has 1 aromatic heterocycles. The van der Waals surface area contributed by atoms with Crippen LogP contribution in [0.4, 0.5) is 0 Å². The minimum absolute atomic E-state index is 0.301. The molecule has 0 amide bonds. The average molecular weight is 249 g/mol. The van der Waals surface area contributed by atoms with Gasteiger partial charge in [-0.2, -0.15) is 5.10 Å². The highest BCUT2D eigenvalue weighted by Crippen LogP contribution is 2.27. The number of aryl methyl sites for hydroxylation is 2. The Hall–Kier alpha value is -0.830. The van der Waals surface area contributed by atoms with Gasteiger partial charge < -0.3 is 5.32 Å². The molecular formula is C15H27N3. The van der Waals surface area contributed by atoms with Crippen LogP contribution in [-0.2, 0) is 13.0 Å². The molecule has 0 spiro atoms. The van der Waals surface area contributed by atoms with E-state index in [9.17, 15) is 0 Å². The van der Waals surface area contributed by atoms with Gasteiger partial charge in [0.2, 0.25) is 0 Å². The molecule has 0 aromatic carbocycles. The highest BCUT2D eigenvalue weighted by Gasteiger charge is 2.30. The zero-order valence-electron chi connectivity index (χ0n) is 12.1. The quantitative estimate of drug-likeness (QED) is 0.889. The topological polar surface area (TPSA) is 29.9 Å². The summed E-state index contributed by atoms with van der Waals surface area (Å²) in [4.78, 5) is 0. The molecule has 1 aliphatic rings. The highest BCUT2D eigenvalue weighted by atomic mass is 15.3. The van der Waals surface area contributed by atoms with Gasteiger partial charge in [-0.05, 0) is 45.7 Å². The molecule has 3 nitrogen and oxygen atoms in total. The summed E-state index contributed by atoms with van der Waals surface area (Å²) in [6.07, 6.45) is 7.70. The molecule has 18 heavy (non-hydrogen) atoms. The van der Waals surface area contributed by atoms with Crippen molar-refractivity contribution in [2.24, 2.45) is 0 Å². The molecule has 2 rings (SSSR count). The van der Waals surface area contributed by atoms with Crippen LogP contribution in [0.15, 0.2) is 6.07 Å². The van der Waals surface area contributed by atoms with Crippen LogP contribution in [-0.4, -0.2) is 21.9 Å². The van der Waals surface area contributed by atoms with E-state index in [2.05, 4.69) is 41.9 Å². The zero-order valence-corrected chi connectivity index (χ0v) is 12.1. The lowest BCUT2D eigenvalue weighted by atomic mass is 9.86. The second-order valence-electron chi connectivity index (χ2n) is 5.64. The van der Waals surface area contributed by atoms with Crippen molar-refractivity contribution in [2.75, 3.05) is 6.54 Å². The van der Waals surface area contributed by atoms with Gasteiger partial charge in [-0.15, -0.1) is 0 Å². The molecule has 1 N–H and O–H groups in total. The van der Waals surface area contributed by atoms with E-state index >= 15 is 0 Å². The molecule has 1 atom stereocenters. The van der Waals surface area contributed by atoms with E-state index in [4.69, 9.17) is 0 Å². The lowest BCUT2D eigenvalue weighted by molar-refractivity contribution is 0.295. The predicted octanol–water partition coefficient (Wildman–Crippen LogP) is 3.07. The molecule has 0 bridgehead atoms. The molecule has 1 fully saturated rings. The molecule has 1 aromatic rings. The Labute approximate surface area is 111 Å². The molecular weight excluding hydrogens is 222 g/mol. The Balaban J connectivity index is 2.17. The van der Waals surface area contributed by atoms with Crippen LogP contribution in [0.1, 0.15) is 57.3 Å². The molecule has 0 radical (unpaired) electrons. The summed E-state index contributed by atoms with van der Waals surface area (Å²) in [5.41, 5.74) is 2.84. The van der Waals surface area contributed by atoms with Crippen LogP contribution < -0.4 is 5.32 Å². The fraction of sp³-hybridized carbons (Fsp3) is 0.800. The Bertz CT molecular complexity index is 373. The first-order valence-electron chi connectivity index (χ1n) is 7.47. The van der Waals surface area contributed by atoms with Crippen LogP contribution in [0.2, 0.25) is 0 Å². The van der Waals surface area contributed by atoms with Crippen molar-refractivity contribution in [1.29, 1.82) is 0 Å². The van der Waals surface area contributed by atoms with Crippen molar-refractivity contribution < 1.29 is 0 Å². The Morgan fingerprint density at radius 2 is 2.17 bits per heavy atom. The maximum absolute atomic E-state index is 4.57. The van der Waals surface area contributed by atoms with Gasteiger partial charge in [0.25, 0.3) is 0 Å². The lowest BCUT2D eigenvalue weighted by Crippen LogP contribution is -2.46. The normalized spacial score (nSPS) is 25.1. The first-order valence-corrected chi connectivity index (χ1v) is 7.47. The van der Waals surface area contributed by atoms with Crippen LogP contribution in [0.3, 0.4) is 0 Å². The van der Waals surface area contributed by atoms with Crippen LogP contribution in [0, 0.1) is 6.92 Å². The maximum atomic E-state index is 4.57. The van der Waals surface area contributed by atoms with Crippen LogP contribution >= 0.6 is 0 Å². The van der Waals surface area contributed by atoms with Gasteiger partial charge in [0.05, 0.1) is 5.69 Å². The second kappa shape index (κ2) is 5.87. The zero-order chi connectivity index (χ0) is 13.0. The Morgan fingerprint density at radius 1 is 1.33 bits per heavy atom. The number of nitrogens with one attached hydrogen (secondary N) is 1. The summed E-state index contributed by atoms with van der Waals surface area (Å²) in [5.74, 6) is 0. The number of hydrogen-bond donors (Lipinski definition) is 1. The third-order valence-corrected chi connectivity index (χ3v) is 4.31. The van der Waals surface area contributed by atoms with E-state index in [-0.39, 0.29) is 0 Å². The Kier molecular flexibility index (Phi) is 4.44. The summed E-state index contributed by atoms with van der Waals surface area (Å²) >= 11 is 0. The molecule has 0 aliphatic carbocycles. The van der Waals surface area contributed by atoms with Crippen molar-refractivity contribution in [3.05, 3.63) is 17.5 Å².